The van der Waals surface area contributed by atoms with Gasteiger partial charge in [-0.1, -0.05) is 73.6 Å². The van der Waals surface area contributed by atoms with Gasteiger partial charge in [0, 0.05) is 37.4 Å². The number of carbonyl (C=O) groups excluding carboxylic acids is 1. The number of likely N-dealkylation sites (N-methyl/N-ethyl adjacent to an activating group) is 1. The van der Waals surface area contributed by atoms with Crippen LogP contribution < -0.4 is 11.1 Å². The summed E-state index contributed by atoms with van der Waals surface area (Å²) in [7, 11) is 1.85. The van der Waals surface area contributed by atoms with Crippen molar-refractivity contribution in [2.24, 2.45) is 5.10 Å². The molecular formula is C27H30N6O3. The molecule has 4 rings (SSSR count). The third-order valence-electron chi connectivity index (χ3n) is 6.15. The number of aromatic amines is 1. The minimum absolute atomic E-state index is 0.0528. The summed E-state index contributed by atoms with van der Waals surface area (Å²) in [6.45, 7) is 11.0. The predicted octanol–water partition coefficient (Wildman–Crippen LogP) is 3.74. The summed E-state index contributed by atoms with van der Waals surface area (Å²) in [5.74, 6) is 0.247. The lowest BCUT2D eigenvalue weighted by Crippen LogP contribution is -2.45. The van der Waals surface area contributed by atoms with Crippen LogP contribution in [0.4, 0.5) is 0 Å². The lowest BCUT2D eigenvalue weighted by atomic mass is 9.94. The Balaban J connectivity index is 1.67. The minimum Gasteiger partial charge on any atom is -0.318 e. The molecule has 1 aliphatic heterocycles. The molecule has 186 valence electrons. The molecule has 0 saturated carbocycles. The zero-order valence-electron chi connectivity index (χ0n) is 20.6. The van der Waals surface area contributed by atoms with Gasteiger partial charge in [0.25, 0.3) is 5.91 Å². The summed E-state index contributed by atoms with van der Waals surface area (Å²) in [4.78, 5) is 29.2. The Bertz CT molecular complexity index is 1350. The van der Waals surface area contributed by atoms with Gasteiger partial charge in [0.15, 0.2) is 5.82 Å². The topological polar surface area (TPSA) is 107 Å². The lowest BCUT2D eigenvalue weighted by Gasteiger charge is -2.38. The average molecular weight is 487 g/mol. The smallest absolute Gasteiger partial charge is 0.318 e. The van der Waals surface area contributed by atoms with Crippen LogP contribution in [0.25, 0.3) is 22.5 Å². The summed E-state index contributed by atoms with van der Waals surface area (Å²) in [6, 6.07) is 15.7. The van der Waals surface area contributed by atoms with Crippen LogP contribution in [0.5, 0.6) is 0 Å². The highest BCUT2D eigenvalue weighted by Crippen LogP contribution is 2.33. The molecule has 3 aromatic rings. The molecule has 0 aliphatic carbocycles. The highest BCUT2D eigenvalue weighted by molar-refractivity contribution is 5.97. The van der Waals surface area contributed by atoms with E-state index in [0.29, 0.717) is 43.1 Å². The second-order valence-electron chi connectivity index (χ2n) is 8.47. The van der Waals surface area contributed by atoms with Crippen LogP contribution in [0.1, 0.15) is 25.3 Å². The maximum Gasteiger partial charge on any atom is 0.439 e. The third-order valence-corrected chi connectivity index (χ3v) is 6.15. The largest absolute Gasteiger partial charge is 0.439 e. The van der Waals surface area contributed by atoms with Crippen LogP contribution in [-0.2, 0) is 11.2 Å². The van der Waals surface area contributed by atoms with E-state index >= 15 is 0 Å². The van der Waals surface area contributed by atoms with Gasteiger partial charge in [-0.05, 0) is 30.2 Å². The summed E-state index contributed by atoms with van der Waals surface area (Å²) in [5, 5.41) is 12.8. The van der Waals surface area contributed by atoms with Crippen molar-refractivity contribution in [1.29, 1.82) is 0 Å². The SMILES string of the molecule is C=NN1C(=C)N(CCNC)C(=O)C(Cc2ccc(-c3ccccc3-c3noc(=O)[nH]3)cc2)=C1CCC. The third kappa shape index (κ3) is 4.92. The molecule has 1 aliphatic rings. The predicted molar refractivity (Wildman–Crippen MR) is 140 cm³/mol. The fraction of sp³-hybridized carbons (Fsp3) is 0.259. The van der Waals surface area contributed by atoms with Crippen LogP contribution in [-0.4, -0.2) is 52.8 Å². The van der Waals surface area contributed by atoms with E-state index in [4.69, 9.17) is 0 Å². The molecule has 0 unspecified atom stereocenters. The first-order chi connectivity index (χ1) is 17.5. The minimum atomic E-state index is -0.599. The van der Waals surface area contributed by atoms with E-state index in [2.05, 4.69) is 45.3 Å². The summed E-state index contributed by atoms with van der Waals surface area (Å²) >= 11 is 0. The van der Waals surface area contributed by atoms with E-state index in [1.54, 1.807) is 9.91 Å². The van der Waals surface area contributed by atoms with Crippen LogP contribution in [0.2, 0.25) is 0 Å². The average Bonchev–Trinajstić information content (AvgIpc) is 3.33. The van der Waals surface area contributed by atoms with Gasteiger partial charge in [-0.25, -0.2) is 9.80 Å². The van der Waals surface area contributed by atoms with Gasteiger partial charge in [0.1, 0.15) is 5.82 Å². The van der Waals surface area contributed by atoms with E-state index in [1.165, 1.54) is 0 Å². The van der Waals surface area contributed by atoms with Crippen molar-refractivity contribution in [3.8, 4) is 22.5 Å². The van der Waals surface area contributed by atoms with E-state index in [9.17, 15) is 9.59 Å². The molecule has 2 N–H and O–H groups in total. The Morgan fingerprint density at radius 2 is 1.83 bits per heavy atom. The van der Waals surface area contributed by atoms with Gasteiger partial charge in [0.05, 0.1) is 5.70 Å². The molecule has 2 heterocycles. The van der Waals surface area contributed by atoms with Gasteiger partial charge >= 0.3 is 5.76 Å². The van der Waals surface area contributed by atoms with Gasteiger partial charge in [-0.3, -0.25) is 19.2 Å². The molecule has 0 spiro atoms. The van der Waals surface area contributed by atoms with Crippen LogP contribution >= 0.6 is 0 Å². The maximum atomic E-state index is 13.5. The first kappa shape index (κ1) is 24.9. The summed E-state index contributed by atoms with van der Waals surface area (Å²) < 4.78 is 4.68. The standard InChI is InChI=1S/C27H30N6O3/c1-5-8-24-23(26(34)32(16-15-28-3)18(2)33(24)29-4)17-19-11-13-20(14-12-19)21-9-6-7-10-22(21)25-30-27(35)36-31-25/h6-7,9-14,28H,2,4-5,8,15-17H2,1,3H3,(H,30,31,35). The van der Waals surface area contributed by atoms with Crippen molar-refractivity contribution >= 4 is 12.6 Å². The van der Waals surface area contributed by atoms with E-state index < -0.39 is 5.76 Å². The number of H-pyrrole nitrogens is 1. The van der Waals surface area contributed by atoms with E-state index in [1.807, 2.05) is 55.6 Å². The molecule has 0 bridgehead atoms. The lowest BCUT2D eigenvalue weighted by molar-refractivity contribution is -0.127. The number of allylic oxidation sites excluding steroid dienone is 1. The molecule has 0 atom stereocenters. The van der Waals surface area contributed by atoms with Crippen LogP contribution in [0, 0.1) is 0 Å². The Morgan fingerprint density at radius 1 is 1.11 bits per heavy atom. The summed E-state index contributed by atoms with van der Waals surface area (Å²) in [6.07, 6.45) is 2.02. The number of amides is 1. The van der Waals surface area contributed by atoms with Crippen molar-refractivity contribution in [3.05, 3.63) is 88.3 Å². The molecule has 2 aromatic carbocycles. The van der Waals surface area contributed by atoms with E-state index in [0.717, 1.165) is 34.4 Å². The Kier molecular flexibility index (Phi) is 7.60. The number of hydrogen-bond donors (Lipinski definition) is 2. The molecule has 1 amide bonds. The van der Waals surface area contributed by atoms with Crippen molar-refractivity contribution in [3.63, 3.8) is 0 Å². The second-order valence-corrected chi connectivity index (χ2v) is 8.47. The molecular weight excluding hydrogens is 456 g/mol. The molecule has 9 heteroatoms. The number of hydrogen-bond acceptors (Lipinski definition) is 7. The Labute approximate surface area is 209 Å². The number of benzene rings is 2. The monoisotopic (exact) mass is 486 g/mol. The quantitative estimate of drug-likeness (QED) is 0.423. The fourth-order valence-electron chi connectivity index (χ4n) is 4.39. The summed E-state index contributed by atoms with van der Waals surface area (Å²) in [5.41, 5.74) is 5.15. The number of hydrazone groups is 1. The van der Waals surface area contributed by atoms with Crippen molar-refractivity contribution < 1.29 is 9.32 Å². The van der Waals surface area contributed by atoms with Crippen molar-refractivity contribution in [2.45, 2.75) is 26.2 Å². The van der Waals surface area contributed by atoms with Gasteiger partial charge in [-0.15, -0.1) is 0 Å². The molecule has 36 heavy (non-hydrogen) atoms. The first-order valence-corrected chi connectivity index (χ1v) is 11.9. The van der Waals surface area contributed by atoms with Crippen LogP contribution in [0.3, 0.4) is 0 Å². The number of carbonyl (C=O) groups is 1. The van der Waals surface area contributed by atoms with Gasteiger partial charge < -0.3 is 5.32 Å². The number of nitrogens with zero attached hydrogens (tertiary/aromatic N) is 4. The first-order valence-electron chi connectivity index (χ1n) is 11.9. The van der Waals surface area contributed by atoms with Gasteiger partial charge in [0.2, 0.25) is 0 Å². The zero-order valence-corrected chi connectivity index (χ0v) is 20.6. The molecule has 9 nitrogen and oxygen atoms in total. The normalized spacial score (nSPS) is 14.1. The number of nitrogens with one attached hydrogen (secondary N) is 2. The Morgan fingerprint density at radius 3 is 2.44 bits per heavy atom. The van der Waals surface area contributed by atoms with Crippen LogP contribution in [0.15, 0.2) is 86.6 Å². The highest BCUT2D eigenvalue weighted by Gasteiger charge is 2.34. The fourth-order valence-corrected chi connectivity index (χ4v) is 4.39. The number of aromatic nitrogens is 2. The van der Waals surface area contributed by atoms with Gasteiger partial charge in [-0.2, -0.15) is 5.10 Å². The molecule has 1 aromatic heterocycles. The zero-order chi connectivity index (χ0) is 25.7. The van der Waals surface area contributed by atoms with E-state index in [-0.39, 0.29) is 5.91 Å². The highest BCUT2D eigenvalue weighted by atomic mass is 16.5. The van der Waals surface area contributed by atoms with Crippen molar-refractivity contribution in [1.82, 2.24) is 25.4 Å². The van der Waals surface area contributed by atoms with Crippen molar-refractivity contribution in [2.75, 3.05) is 20.1 Å². The molecule has 0 radical (unpaired) electrons. The number of rotatable bonds is 10. The molecule has 0 fully saturated rings. The second kappa shape index (κ2) is 11.0. The Hall–Kier alpha value is -4.24. The maximum absolute atomic E-state index is 13.5. The molecule has 0 saturated heterocycles.